The van der Waals surface area contributed by atoms with E-state index in [1.807, 2.05) is 0 Å². The van der Waals surface area contributed by atoms with E-state index in [9.17, 15) is 0 Å². The van der Waals surface area contributed by atoms with Crippen LogP contribution in [-0.2, 0) is 13.0 Å². The SMILES string of the molecule is Cc1cc2c(-c3ccccc3)cn3c4c(c(c1)c23)CN(C)CC4. The third-order valence-electron chi connectivity index (χ3n) is 5.25. The molecule has 0 atom stereocenters. The smallest absolute Gasteiger partial charge is 0.0608 e. The van der Waals surface area contributed by atoms with Crippen LogP contribution in [0.1, 0.15) is 16.8 Å². The van der Waals surface area contributed by atoms with E-state index in [0.717, 1.165) is 19.5 Å². The fourth-order valence-corrected chi connectivity index (χ4v) is 4.19. The summed E-state index contributed by atoms with van der Waals surface area (Å²) >= 11 is 0. The van der Waals surface area contributed by atoms with E-state index >= 15 is 0 Å². The van der Waals surface area contributed by atoms with Gasteiger partial charge in [-0.3, -0.25) is 0 Å². The van der Waals surface area contributed by atoms with Gasteiger partial charge in [0.05, 0.1) is 5.52 Å². The minimum Gasteiger partial charge on any atom is -0.319 e. The number of rotatable bonds is 1. The van der Waals surface area contributed by atoms with Crippen molar-refractivity contribution < 1.29 is 0 Å². The molecule has 23 heavy (non-hydrogen) atoms. The van der Waals surface area contributed by atoms with Gasteiger partial charge in [0.2, 0.25) is 0 Å². The van der Waals surface area contributed by atoms with Crippen LogP contribution in [0.2, 0.25) is 0 Å². The summed E-state index contributed by atoms with van der Waals surface area (Å²) in [6.45, 7) is 4.43. The summed E-state index contributed by atoms with van der Waals surface area (Å²) in [5.41, 5.74) is 8.47. The van der Waals surface area contributed by atoms with E-state index in [0.29, 0.717) is 0 Å². The van der Waals surface area contributed by atoms with Gasteiger partial charge < -0.3 is 9.30 Å². The van der Waals surface area contributed by atoms with Gasteiger partial charge in [-0.2, -0.15) is 0 Å². The van der Waals surface area contributed by atoms with Crippen molar-refractivity contribution in [2.45, 2.75) is 19.9 Å². The highest BCUT2D eigenvalue weighted by Crippen LogP contribution is 2.40. The minimum atomic E-state index is 1.07. The van der Waals surface area contributed by atoms with E-state index < -0.39 is 0 Å². The van der Waals surface area contributed by atoms with Gasteiger partial charge in [0.1, 0.15) is 0 Å². The van der Waals surface area contributed by atoms with E-state index in [1.54, 1.807) is 0 Å². The molecule has 0 saturated heterocycles. The number of aromatic nitrogens is 1. The molecule has 1 aliphatic rings. The van der Waals surface area contributed by atoms with Crippen LogP contribution in [-0.4, -0.2) is 22.9 Å². The molecule has 0 radical (unpaired) electrons. The highest BCUT2D eigenvalue weighted by Gasteiger charge is 2.24. The first-order valence-electron chi connectivity index (χ1n) is 8.35. The number of hydrogen-bond acceptors (Lipinski definition) is 1. The number of fused-ring (bicyclic) bond motifs is 3. The second-order valence-electron chi connectivity index (χ2n) is 6.90. The first-order valence-corrected chi connectivity index (χ1v) is 8.35. The molecule has 2 aromatic carbocycles. The van der Waals surface area contributed by atoms with Crippen molar-refractivity contribution in [3.8, 4) is 11.1 Å². The summed E-state index contributed by atoms with van der Waals surface area (Å²) in [7, 11) is 2.22. The number of hydrogen-bond donors (Lipinski definition) is 0. The largest absolute Gasteiger partial charge is 0.319 e. The lowest BCUT2D eigenvalue weighted by atomic mass is 9.98. The molecular formula is C21H20N2. The maximum atomic E-state index is 2.47. The third kappa shape index (κ3) is 1.79. The van der Waals surface area contributed by atoms with Gasteiger partial charge in [-0.15, -0.1) is 0 Å². The first-order chi connectivity index (χ1) is 11.2. The van der Waals surface area contributed by atoms with Crippen molar-refractivity contribution in [2.24, 2.45) is 0 Å². The van der Waals surface area contributed by atoms with Gasteiger partial charge in [-0.1, -0.05) is 30.3 Å². The molecule has 3 heterocycles. The molecule has 0 N–H and O–H groups in total. The van der Waals surface area contributed by atoms with Crippen LogP contribution in [0.5, 0.6) is 0 Å². The second-order valence-corrected chi connectivity index (χ2v) is 6.90. The topological polar surface area (TPSA) is 7.65 Å². The highest BCUT2D eigenvalue weighted by atomic mass is 15.1. The summed E-state index contributed by atoms with van der Waals surface area (Å²) in [6.07, 6.45) is 3.49. The molecule has 0 fully saturated rings. The van der Waals surface area contributed by atoms with Gasteiger partial charge >= 0.3 is 0 Å². The molecule has 4 aromatic rings. The maximum Gasteiger partial charge on any atom is 0.0608 e. The van der Waals surface area contributed by atoms with Crippen molar-refractivity contribution in [3.63, 3.8) is 0 Å². The molecule has 0 bridgehead atoms. The maximum absolute atomic E-state index is 2.47. The lowest BCUT2D eigenvalue weighted by molar-refractivity contribution is 0.312. The molecule has 2 heteroatoms. The summed E-state index contributed by atoms with van der Waals surface area (Å²) in [4.78, 5) is 2.43. The van der Waals surface area contributed by atoms with E-state index in [2.05, 4.69) is 71.9 Å². The molecule has 2 aromatic heterocycles. The molecule has 0 spiro atoms. The van der Waals surface area contributed by atoms with Crippen LogP contribution in [0.25, 0.3) is 27.4 Å². The Morgan fingerprint density at radius 1 is 1.00 bits per heavy atom. The average molecular weight is 300 g/mol. The van der Waals surface area contributed by atoms with E-state index in [1.165, 1.54) is 44.2 Å². The predicted octanol–water partition coefficient (Wildman–Crippen LogP) is 4.49. The quantitative estimate of drug-likeness (QED) is 0.502. The fraction of sp³-hybridized carbons (Fsp3) is 0.238. The van der Waals surface area contributed by atoms with Crippen LogP contribution >= 0.6 is 0 Å². The van der Waals surface area contributed by atoms with Crippen LogP contribution in [0, 0.1) is 6.92 Å². The molecular weight excluding hydrogens is 280 g/mol. The van der Waals surface area contributed by atoms with Gasteiger partial charge in [0, 0.05) is 47.7 Å². The molecule has 0 aliphatic carbocycles. The van der Waals surface area contributed by atoms with Crippen LogP contribution in [0.3, 0.4) is 0 Å². The molecule has 5 rings (SSSR count). The highest BCUT2D eigenvalue weighted by molar-refractivity contribution is 6.07. The Morgan fingerprint density at radius 2 is 1.78 bits per heavy atom. The average Bonchev–Trinajstić information content (AvgIpc) is 3.07. The zero-order valence-corrected chi connectivity index (χ0v) is 13.6. The number of benzene rings is 2. The lowest BCUT2D eigenvalue weighted by Crippen LogP contribution is -2.26. The normalized spacial score (nSPS) is 15.6. The zero-order chi connectivity index (χ0) is 15.6. The van der Waals surface area contributed by atoms with Crippen molar-refractivity contribution in [3.05, 3.63) is 65.5 Å². The minimum absolute atomic E-state index is 1.07. The number of likely N-dealkylation sites (N-methyl/N-ethyl adjacent to an activating group) is 1. The first kappa shape index (κ1) is 13.1. The Hall–Kier alpha value is -2.32. The molecule has 0 saturated carbocycles. The van der Waals surface area contributed by atoms with Crippen LogP contribution in [0.15, 0.2) is 48.7 Å². The lowest BCUT2D eigenvalue weighted by Gasteiger charge is -2.23. The van der Waals surface area contributed by atoms with Crippen molar-refractivity contribution in [1.82, 2.24) is 9.30 Å². The van der Waals surface area contributed by atoms with Gasteiger partial charge in [0.15, 0.2) is 0 Å². The summed E-state index contributed by atoms with van der Waals surface area (Å²) in [6, 6.07) is 15.5. The van der Waals surface area contributed by atoms with E-state index in [-0.39, 0.29) is 0 Å². The second kappa shape index (κ2) is 4.59. The van der Waals surface area contributed by atoms with Gasteiger partial charge in [-0.05, 0) is 42.8 Å². The molecule has 1 aliphatic heterocycles. The number of nitrogens with zero attached hydrogens (tertiary/aromatic N) is 2. The summed E-state index contributed by atoms with van der Waals surface area (Å²) in [5, 5.41) is 2.84. The Morgan fingerprint density at radius 3 is 2.61 bits per heavy atom. The monoisotopic (exact) mass is 300 g/mol. The predicted molar refractivity (Wildman–Crippen MR) is 96.3 cm³/mol. The fourth-order valence-electron chi connectivity index (χ4n) is 4.19. The zero-order valence-electron chi connectivity index (χ0n) is 13.6. The summed E-state index contributed by atoms with van der Waals surface area (Å²) in [5.74, 6) is 0. The Labute approximate surface area is 136 Å². The summed E-state index contributed by atoms with van der Waals surface area (Å²) < 4.78 is 2.47. The van der Waals surface area contributed by atoms with Gasteiger partial charge in [0.25, 0.3) is 0 Å². The Kier molecular flexibility index (Phi) is 2.62. The van der Waals surface area contributed by atoms with Crippen molar-refractivity contribution >= 4 is 16.3 Å². The Balaban J connectivity index is 1.90. The third-order valence-corrected chi connectivity index (χ3v) is 5.25. The van der Waals surface area contributed by atoms with Gasteiger partial charge in [-0.25, -0.2) is 0 Å². The molecule has 0 amide bonds. The Bertz CT molecular complexity index is 1010. The van der Waals surface area contributed by atoms with Crippen LogP contribution in [0.4, 0.5) is 0 Å². The van der Waals surface area contributed by atoms with E-state index in [4.69, 9.17) is 0 Å². The van der Waals surface area contributed by atoms with Crippen molar-refractivity contribution in [1.29, 1.82) is 0 Å². The van der Waals surface area contributed by atoms with Crippen LogP contribution < -0.4 is 0 Å². The van der Waals surface area contributed by atoms with Crippen molar-refractivity contribution in [2.75, 3.05) is 13.6 Å². The number of aryl methyl sites for hydroxylation is 1. The molecule has 2 nitrogen and oxygen atoms in total. The molecule has 0 unspecified atom stereocenters. The molecule has 114 valence electrons. The standard InChI is InChI=1S/C21H20N2/c1-14-10-16-18(15-6-4-3-5-7-15)13-23-20-8-9-22(2)12-19(20)17(11-14)21(16)23/h3-7,10-11,13H,8-9,12H2,1-2H3.